The maximum Gasteiger partial charge on any atom is 0.321 e. The standard InChI is InChI=1S/C20H25N3O3.C17H24ClN3O3/c24-19(22-26)10-3-5-15-11-13-23(14-12-15)20(25)21-18-9-4-7-16-6-1-2-8-17(16)18;18-15-6-4-14(5-7-15)12-19-17(23)21-10-8-13(9-11-21)2-1-3-16(22)20-24/h1-2,4,6-9,15,26H,3,5,10-14H2,(H,21,25)(H,22,24);4-7,13,24H,1-3,8-12H2,(H,19,23)(H,20,22). The van der Waals surface area contributed by atoms with Crippen LogP contribution in [-0.2, 0) is 16.1 Å². The molecule has 0 radical (unpaired) electrons. The molecule has 270 valence electrons. The molecule has 2 heterocycles. The minimum Gasteiger partial charge on any atom is -0.334 e. The lowest BCUT2D eigenvalue weighted by atomic mass is 9.91. The number of likely N-dealkylation sites (tertiary alicyclic amines) is 2. The lowest BCUT2D eigenvalue weighted by Crippen LogP contribution is -2.44. The smallest absolute Gasteiger partial charge is 0.321 e. The number of urea groups is 2. The fourth-order valence-electron chi connectivity index (χ4n) is 6.48. The van der Waals surface area contributed by atoms with Crippen LogP contribution in [0.5, 0.6) is 0 Å². The normalized spacial score (nSPS) is 15.1. The Labute approximate surface area is 298 Å². The van der Waals surface area contributed by atoms with E-state index in [1.54, 1.807) is 11.0 Å². The Morgan fingerprint density at radius 3 is 1.76 bits per heavy atom. The summed E-state index contributed by atoms with van der Waals surface area (Å²) < 4.78 is 0. The number of hydrogen-bond acceptors (Lipinski definition) is 6. The number of nitrogens with one attached hydrogen (secondary N) is 4. The van der Waals surface area contributed by atoms with E-state index in [4.69, 9.17) is 22.0 Å². The van der Waals surface area contributed by atoms with Crippen molar-refractivity contribution >= 4 is 51.9 Å². The molecule has 0 atom stereocenters. The molecule has 3 aromatic carbocycles. The number of amides is 6. The minimum atomic E-state index is -0.339. The highest BCUT2D eigenvalue weighted by Crippen LogP contribution is 2.26. The summed E-state index contributed by atoms with van der Waals surface area (Å²) >= 11 is 5.84. The van der Waals surface area contributed by atoms with Gasteiger partial charge in [-0.1, -0.05) is 60.1 Å². The zero-order chi connectivity index (χ0) is 35.7. The Morgan fingerprint density at radius 2 is 1.20 bits per heavy atom. The number of hydrogen-bond donors (Lipinski definition) is 6. The largest absolute Gasteiger partial charge is 0.334 e. The van der Waals surface area contributed by atoms with Crippen molar-refractivity contribution in [3.05, 3.63) is 77.3 Å². The summed E-state index contributed by atoms with van der Waals surface area (Å²) in [5, 5.41) is 25.8. The van der Waals surface area contributed by atoms with E-state index in [1.165, 1.54) is 0 Å². The first-order valence-electron chi connectivity index (χ1n) is 17.4. The Hall–Kier alpha value is -4.39. The number of carbonyl (C=O) groups is 4. The van der Waals surface area contributed by atoms with Crippen LogP contribution < -0.4 is 21.6 Å². The second kappa shape index (κ2) is 20.3. The van der Waals surface area contributed by atoms with Gasteiger partial charge in [-0.2, -0.15) is 0 Å². The quantitative estimate of drug-likeness (QED) is 0.0960. The average molecular weight is 709 g/mol. The molecular formula is C37H49ClN6O6. The van der Waals surface area contributed by atoms with Crippen molar-refractivity contribution in [1.29, 1.82) is 0 Å². The second-order valence-electron chi connectivity index (χ2n) is 13.0. The molecule has 50 heavy (non-hydrogen) atoms. The molecule has 2 fully saturated rings. The Bertz CT molecular complexity index is 1540. The van der Waals surface area contributed by atoms with Gasteiger partial charge in [0.1, 0.15) is 0 Å². The Morgan fingerprint density at radius 1 is 0.680 bits per heavy atom. The van der Waals surface area contributed by atoms with E-state index >= 15 is 0 Å². The highest BCUT2D eigenvalue weighted by Gasteiger charge is 2.24. The van der Waals surface area contributed by atoms with Crippen molar-refractivity contribution in [2.45, 2.75) is 70.8 Å². The van der Waals surface area contributed by atoms with Crippen LogP contribution in [0.25, 0.3) is 10.8 Å². The van der Waals surface area contributed by atoms with Crippen molar-refractivity contribution in [2.24, 2.45) is 11.8 Å². The third-order valence-corrected chi connectivity index (χ3v) is 9.73. The number of hydroxylamine groups is 2. The monoisotopic (exact) mass is 708 g/mol. The van der Waals surface area contributed by atoms with Gasteiger partial charge in [-0.25, -0.2) is 20.5 Å². The van der Waals surface area contributed by atoms with Gasteiger partial charge in [0.25, 0.3) is 0 Å². The van der Waals surface area contributed by atoms with Gasteiger partial charge in [-0.05, 0) is 92.4 Å². The summed E-state index contributed by atoms with van der Waals surface area (Å²) in [4.78, 5) is 50.5. The van der Waals surface area contributed by atoms with E-state index in [1.807, 2.05) is 76.5 Å². The van der Waals surface area contributed by atoms with E-state index < -0.39 is 0 Å². The van der Waals surface area contributed by atoms with Crippen molar-refractivity contribution < 1.29 is 29.6 Å². The molecule has 3 aromatic rings. The lowest BCUT2D eigenvalue weighted by molar-refractivity contribution is -0.130. The van der Waals surface area contributed by atoms with Gasteiger partial charge in [0.15, 0.2) is 0 Å². The Balaban J connectivity index is 0.000000226. The van der Waals surface area contributed by atoms with Crippen LogP contribution in [0.15, 0.2) is 66.7 Å². The molecule has 0 spiro atoms. The number of halogens is 1. The highest BCUT2D eigenvalue weighted by molar-refractivity contribution is 6.30. The van der Waals surface area contributed by atoms with Gasteiger partial charge in [-0.3, -0.25) is 20.0 Å². The van der Waals surface area contributed by atoms with E-state index in [9.17, 15) is 19.2 Å². The molecular weight excluding hydrogens is 660 g/mol. The molecule has 2 aliphatic rings. The molecule has 6 amide bonds. The van der Waals surface area contributed by atoms with Crippen molar-refractivity contribution in [1.82, 2.24) is 26.1 Å². The maximum absolute atomic E-state index is 12.6. The number of benzene rings is 3. The Kier molecular flexibility index (Phi) is 15.6. The van der Waals surface area contributed by atoms with Gasteiger partial charge < -0.3 is 20.4 Å². The summed E-state index contributed by atoms with van der Waals surface area (Å²) in [6.07, 6.45) is 7.92. The number of nitrogens with zero attached hydrogens (tertiary/aromatic N) is 2. The first kappa shape index (κ1) is 38.4. The number of fused-ring (bicyclic) bond motifs is 1. The van der Waals surface area contributed by atoms with Crippen molar-refractivity contribution in [2.75, 3.05) is 31.5 Å². The molecule has 13 heteroatoms. The number of carbonyl (C=O) groups excluding carboxylic acids is 4. The van der Waals surface area contributed by atoms with Crippen molar-refractivity contribution in [3.8, 4) is 0 Å². The predicted octanol–water partition coefficient (Wildman–Crippen LogP) is 6.70. The molecule has 2 aliphatic heterocycles. The highest BCUT2D eigenvalue weighted by atomic mass is 35.5. The molecule has 0 aliphatic carbocycles. The molecule has 2 saturated heterocycles. The molecule has 0 unspecified atom stereocenters. The first-order chi connectivity index (χ1) is 24.2. The van der Waals surface area contributed by atoms with Gasteiger partial charge in [0, 0.05) is 56.0 Å². The first-order valence-corrected chi connectivity index (χ1v) is 17.8. The van der Waals surface area contributed by atoms with Gasteiger partial charge >= 0.3 is 12.1 Å². The summed E-state index contributed by atoms with van der Waals surface area (Å²) in [5.74, 6) is 0.394. The van der Waals surface area contributed by atoms with Crippen LogP contribution >= 0.6 is 11.6 Å². The summed E-state index contributed by atoms with van der Waals surface area (Å²) in [6, 6.07) is 21.3. The van der Waals surface area contributed by atoms with Crippen molar-refractivity contribution in [3.63, 3.8) is 0 Å². The van der Waals surface area contributed by atoms with Crippen LogP contribution in [0.3, 0.4) is 0 Å². The molecule has 12 nitrogen and oxygen atoms in total. The van der Waals surface area contributed by atoms with Gasteiger partial charge in [-0.15, -0.1) is 0 Å². The zero-order valence-corrected chi connectivity index (χ0v) is 29.2. The number of piperidine rings is 2. The fourth-order valence-corrected chi connectivity index (χ4v) is 6.61. The summed E-state index contributed by atoms with van der Waals surface area (Å²) in [7, 11) is 0. The predicted molar refractivity (Wildman–Crippen MR) is 193 cm³/mol. The summed E-state index contributed by atoms with van der Waals surface area (Å²) in [5.41, 5.74) is 5.16. The van der Waals surface area contributed by atoms with Crippen LogP contribution in [0.2, 0.25) is 5.02 Å². The van der Waals surface area contributed by atoms with Crippen LogP contribution in [-0.4, -0.2) is 70.3 Å². The van der Waals surface area contributed by atoms with Gasteiger partial charge in [0.2, 0.25) is 11.8 Å². The van der Waals surface area contributed by atoms with E-state index in [2.05, 4.69) is 10.6 Å². The van der Waals surface area contributed by atoms with Crippen LogP contribution in [0, 0.1) is 11.8 Å². The topological polar surface area (TPSA) is 163 Å². The minimum absolute atomic E-state index is 0.0388. The molecule has 0 bridgehead atoms. The van der Waals surface area contributed by atoms with E-state index in [0.29, 0.717) is 36.2 Å². The molecule has 5 rings (SSSR count). The van der Waals surface area contributed by atoms with Crippen LogP contribution in [0.4, 0.5) is 15.3 Å². The number of rotatable bonds is 11. The van der Waals surface area contributed by atoms with E-state index in [0.717, 1.165) is 99.6 Å². The summed E-state index contributed by atoms with van der Waals surface area (Å²) in [6.45, 7) is 3.43. The second-order valence-corrected chi connectivity index (χ2v) is 13.4. The fraction of sp³-hybridized carbons (Fsp3) is 0.459. The van der Waals surface area contributed by atoms with E-state index in [-0.39, 0.29) is 23.9 Å². The molecule has 0 saturated carbocycles. The average Bonchev–Trinajstić information content (AvgIpc) is 3.15. The third kappa shape index (κ3) is 12.5. The van der Waals surface area contributed by atoms with Gasteiger partial charge in [0.05, 0.1) is 5.69 Å². The zero-order valence-electron chi connectivity index (χ0n) is 28.4. The SMILES string of the molecule is O=C(CCCC1CCN(C(=O)NCc2ccc(Cl)cc2)CC1)NO.O=C(CCCC1CCN(C(=O)Nc2cccc3ccccc23)CC1)NO. The molecule has 6 N–H and O–H groups in total. The maximum atomic E-state index is 12.6. The molecule has 0 aromatic heterocycles. The van der Waals surface area contributed by atoms with Crippen LogP contribution in [0.1, 0.15) is 69.8 Å². The third-order valence-electron chi connectivity index (χ3n) is 9.47. The number of anilines is 1. The lowest BCUT2D eigenvalue weighted by Gasteiger charge is -2.32.